The number of pyridine rings is 1. The third-order valence-electron chi connectivity index (χ3n) is 2.00. The number of hydrogen-bond acceptors (Lipinski definition) is 2. The van der Waals surface area contributed by atoms with Crippen molar-refractivity contribution in [1.29, 1.82) is 0 Å². The number of halogens is 1. The summed E-state index contributed by atoms with van der Waals surface area (Å²) in [7, 11) is 0. The van der Waals surface area contributed by atoms with Gasteiger partial charge in [0.15, 0.2) is 0 Å². The van der Waals surface area contributed by atoms with Crippen LogP contribution in [-0.4, -0.2) is 14.5 Å². The molecule has 2 aromatic heterocycles. The molecule has 0 amide bonds. The van der Waals surface area contributed by atoms with Crippen molar-refractivity contribution in [2.45, 2.75) is 13.5 Å². The summed E-state index contributed by atoms with van der Waals surface area (Å²) in [6.45, 7) is 1.96. The fourth-order valence-corrected chi connectivity index (χ4v) is 2.04. The van der Waals surface area contributed by atoms with E-state index in [4.69, 9.17) is 5.11 Å². The van der Waals surface area contributed by atoms with Gasteiger partial charge in [-0.3, -0.25) is 4.40 Å². The lowest BCUT2D eigenvalue weighted by molar-refractivity contribution is 0.276. The van der Waals surface area contributed by atoms with Crippen LogP contribution in [0.25, 0.3) is 5.65 Å². The molecule has 0 unspecified atom stereocenters. The summed E-state index contributed by atoms with van der Waals surface area (Å²) in [4.78, 5) is 4.26. The Morgan fingerprint density at radius 1 is 1.54 bits per heavy atom. The number of aromatic nitrogens is 2. The van der Waals surface area contributed by atoms with Crippen LogP contribution in [0.2, 0.25) is 0 Å². The molecule has 4 heteroatoms. The number of imidazole rings is 1. The second-order valence-electron chi connectivity index (χ2n) is 2.87. The lowest BCUT2D eigenvalue weighted by atomic mass is 10.4. The molecule has 0 aromatic carbocycles. The zero-order valence-corrected chi connectivity index (χ0v) is 8.74. The average Bonchev–Trinajstić information content (AvgIpc) is 2.44. The quantitative estimate of drug-likeness (QED) is 0.827. The lowest BCUT2D eigenvalue weighted by Gasteiger charge is -1.99. The molecule has 3 nitrogen and oxygen atoms in total. The molecule has 0 atom stereocenters. The molecule has 1 N–H and O–H groups in total. The van der Waals surface area contributed by atoms with Gasteiger partial charge in [-0.25, -0.2) is 4.98 Å². The Hall–Kier alpha value is -0.870. The number of rotatable bonds is 1. The molecule has 0 fully saturated rings. The van der Waals surface area contributed by atoms with Crippen molar-refractivity contribution in [2.75, 3.05) is 0 Å². The molecule has 0 saturated heterocycles. The monoisotopic (exact) mass is 240 g/mol. The largest absolute Gasteiger partial charge is 0.390 e. The summed E-state index contributed by atoms with van der Waals surface area (Å²) < 4.78 is 2.80. The van der Waals surface area contributed by atoms with Crippen LogP contribution in [0.1, 0.15) is 11.4 Å². The van der Waals surface area contributed by atoms with Crippen LogP contribution in [0.15, 0.2) is 22.8 Å². The van der Waals surface area contributed by atoms with E-state index in [1.54, 1.807) is 0 Å². The zero-order valence-electron chi connectivity index (χ0n) is 7.16. The van der Waals surface area contributed by atoms with Gasteiger partial charge in [-0.15, -0.1) is 0 Å². The van der Waals surface area contributed by atoms with Crippen LogP contribution in [0.5, 0.6) is 0 Å². The smallest absolute Gasteiger partial charge is 0.138 e. The van der Waals surface area contributed by atoms with E-state index in [0.717, 1.165) is 15.9 Å². The van der Waals surface area contributed by atoms with Crippen LogP contribution in [0.4, 0.5) is 0 Å². The Morgan fingerprint density at radius 2 is 2.31 bits per heavy atom. The summed E-state index contributed by atoms with van der Waals surface area (Å²) in [5, 5.41) is 9.00. The maximum Gasteiger partial charge on any atom is 0.138 e. The minimum Gasteiger partial charge on any atom is -0.390 e. The van der Waals surface area contributed by atoms with E-state index in [9.17, 15) is 0 Å². The molecule has 2 heterocycles. The van der Waals surface area contributed by atoms with E-state index in [-0.39, 0.29) is 6.61 Å². The van der Waals surface area contributed by atoms with Crippen LogP contribution < -0.4 is 0 Å². The Balaban J connectivity index is 2.85. The van der Waals surface area contributed by atoms with Crippen LogP contribution in [0.3, 0.4) is 0 Å². The summed E-state index contributed by atoms with van der Waals surface area (Å²) in [5.41, 5.74) is 2.63. The summed E-state index contributed by atoms with van der Waals surface area (Å²) in [5.74, 6) is 0. The van der Waals surface area contributed by atoms with Crippen molar-refractivity contribution >= 4 is 21.6 Å². The summed E-state index contributed by atoms with van der Waals surface area (Å²) in [6.07, 6.45) is 0. The SMILES string of the molecule is Cc1cccc2nc(CO)c(Br)n12. The predicted molar refractivity (Wildman–Crippen MR) is 53.6 cm³/mol. The minimum atomic E-state index is -0.0400. The van der Waals surface area contributed by atoms with Gasteiger partial charge in [0.2, 0.25) is 0 Å². The first-order valence-corrected chi connectivity index (χ1v) is 4.76. The topological polar surface area (TPSA) is 37.5 Å². The molecular formula is C9H9BrN2O. The highest BCUT2D eigenvalue weighted by Gasteiger charge is 2.08. The molecule has 0 aliphatic rings. The molecule has 0 aliphatic carbocycles. The van der Waals surface area contributed by atoms with Gasteiger partial charge in [0.05, 0.1) is 12.3 Å². The highest BCUT2D eigenvalue weighted by Crippen LogP contribution is 2.20. The van der Waals surface area contributed by atoms with E-state index in [0.29, 0.717) is 5.69 Å². The second-order valence-corrected chi connectivity index (χ2v) is 3.62. The number of aliphatic hydroxyl groups is 1. The molecule has 68 valence electrons. The molecular weight excluding hydrogens is 232 g/mol. The normalized spacial score (nSPS) is 11.0. The van der Waals surface area contributed by atoms with Gasteiger partial charge in [0, 0.05) is 5.69 Å². The van der Waals surface area contributed by atoms with Gasteiger partial charge < -0.3 is 5.11 Å². The predicted octanol–water partition coefficient (Wildman–Crippen LogP) is 1.90. The molecule has 0 saturated carbocycles. The van der Waals surface area contributed by atoms with Crippen LogP contribution in [0, 0.1) is 6.92 Å². The van der Waals surface area contributed by atoms with E-state index < -0.39 is 0 Å². The van der Waals surface area contributed by atoms with E-state index >= 15 is 0 Å². The fourth-order valence-electron chi connectivity index (χ4n) is 1.36. The summed E-state index contributed by atoms with van der Waals surface area (Å²) >= 11 is 3.40. The number of aliphatic hydroxyl groups excluding tert-OH is 1. The van der Waals surface area contributed by atoms with Crippen molar-refractivity contribution < 1.29 is 5.11 Å². The van der Waals surface area contributed by atoms with Crippen molar-refractivity contribution in [3.63, 3.8) is 0 Å². The Morgan fingerprint density at radius 3 is 2.92 bits per heavy atom. The number of nitrogens with zero attached hydrogens (tertiary/aromatic N) is 2. The van der Waals surface area contributed by atoms with Gasteiger partial charge in [0.25, 0.3) is 0 Å². The van der Waals surface area contributed by atoms with Crippen molar-refractivity contribution in [3.05, 3.63) is 34.2 Å². The average molecular weight is 241 g/mol. The molecule has 13 heavy (non-hydrogen) atoms. The highest BCUT2D eigenvalue weighted by molar-refractivity contribution is 9.10. The highest BCUT2D eigenvalue weighted by atomic mass is 79.9. The lowest BCUT2D eigenvalue weighted by Crippen LogP contribution is -1.90. The standard InChI is InChI=1S/C9H9BrN2O/c1-6-3-2-4-8-11-7(5-13)9(10)12(6)8/h2-4,13H,5H2,1H3. The van der Waals surface area contributed by atoms with Gasteiger partial charge in [-0.1, -0.05) is 6.07 Å². The first-order chi connectivity index (χ1) is 6.24. The number of hydrogen-bond donors (Lipinski definition) is 1. The van der Waals surface area contributed by atoms with Crippen molar-refractivity contribution in [2.24, 2.45) is 0 Å². The Labute approximate surface area is 84.2 Å². The first-order valence-electron chi connectivity index (χ1n) is 3.97. The Bertz CT molecular complexity index is 450. The third kappa shape index (κ3) is 1.26. The van der Waals surface area contributed by atoms with Crippen molar-refractivity contribution in [3.8, 4) is 0 Å². The van der Waals surface area contributed by atoms with E-state index in [1.807, 2.05) is 29.5 Å². The molecule has 2 rings (SSSR count). The van der Waals surface area contributed by atoms with Crippen molar-refractivity contribution in [1.82, 2.24) is 9.38 Å². The van der Waals surface area contributed by atoms with E-state index in [1.165, 1.54) is 0 Å². The maximum atomic E-state index is 9.00. The summed E-state index contributed by atoms with van der Waals surface area (Å²) in [6, 6.07) is 5.86. The maximum absolute atomic E-state index is 9.00. The number of aryl methyl sites for hydroxylation is 1. The van der Waals surface area contributed by atoms with Gasteiger partial charge >= 0.3 is 0 Å². The fraction of sp³-hybridized carbons (Fsp3) is 0.222. The van der Waals surface area contributed by atoms with Gasteiger partial charge in [-0.05, 0) is 35.0 Å². The van der Waals surface area contributed by atoms with Gasteiger partial charge in [0.1, 0.15) is 10.3 Å². The van der Waals surface area contributed by atoms with Crippen LogP contribution in [-0.2, 0) is 6.61 Å². The van der Waals surface area contributed by atoms with E-state index in [2.05, 4.69) is 20.9 Å². The number of fused-ring (bicyclic) bond motifs is 1. The third-order valence-corrected chi connectivity index (χ3v) is 2.81. The van der Waals surface area contributed by atoms with Crippen LogP contribution >= 0.6 is 15.9 Å². The zero-order chi connectivity index (χ0) is 9.42. The first kappa shape index (κ1) is 8.72. The minimum absolute atomic E-state index is 0.0400. The Kier molecular flexibility index (Phi) is 2.09. The molecule has 0 spiro atoms. The molecule has 0 bridgehead atoms. The second kappa shape index (κ2) is 3.12. The van der Waals surface area contributed by atoms with Gasteiger partial charge in [-0.2, -0.15) is 0 Å². The molecule has 2 aromatic rings. The molecule has 0 radical (unpaired) electrons. The molecule has 0 aliphatic heterocycles.